The van der Waals surface area contributed by atoms with Crippen LogP contribution in [0.1, 0.15) is 29.7 Å². The summed E-state index contributed by atoms with van der Waals surface area (Å²) in [5.41, 5.74) is 3.03. The number of aryl methyl sites for hydroxylation is 1. The highest BCUT2D eigenvalue weighted by atomic mass is 35.5. The SMILES string of the molecule is CCOCc1ccc(CNC(=O)C(NC)c2cnn(C)c2)cc1.Cl. The van der Waals surface area contributed by atoms with Crippen molar-refractivity contribution in [1.29, 1.82) is 0 Å². The van der Waals surface area contributed by atoms with Gasteiger partial charge in [0.2, 0.25) is 5.91 Å². The molecule has 0 aliphatic rings. The maximum absolute atomic E-state index is 12.3. The predicted octanol–water partition coefficient (Wildman–Crippen LogP) is 1.96. The van der Waals surface area contributed by atoms with E-state index in [0.29, 0.717) is 19.8 Å². The molecule has 1 amide bonds. The second-order valence-electron chi connectivity index (χ2n) is 5.34. The monoisotopic (exact) mass is 352 g/mol. The molecule has 0 fully saturated rings. The van der Waals surface area contributed by atoms with Gasteiger partial charge in [-0.15, -0.1) is 12.4 Å². The molecule has 1 heterocycles. The van der Waals surface area contributed by atoms with Gasteiger partial charge in [0.05, 0.1) is 12.8 Å². The lowest BCUT2D eigenvalue weighted by atomic mass is 10.1. The average Bonchev–Trinajstić information content (AvgIpc) is 2.98. The average molecular weight is 353 g/mol. The number of nitrogens with zero attached hydrogens (tertiary/aromatic N) is 2. The number of aromatic nitrogens is 2. The predicted molar refractivity (Wildman–Crippen MR) is 95.9 cm³/mol. The smallest absolute Gasteiger partial charge is 0.242 e. The normalized spacial score (nSPS) is 11.6. The summed E-state index contributed by atoms with van der Waals surface area (Å²) in [6.45, 7) is 3.79. The Morgan fingerprint density at radius 3 is 2.50 bits per heavy atom. The summed E-state index contributed by atoms with van der Waals surface area (Å²) in [5.74, 6) is -0.0705. The quantitative estimate of drug-likeness (QED) is 0.762. The van der Waals surface area contributed by atoms with E-state index in [4.69, 9.17) is 4.74 Å². The van der Waals surface area contributed by atoms with Crippen molar-refractivity contribution in [3.63, 3.8) is 0 Å². The Bertz CT molecular complexity index is 628. The highest BCUT2D eigenvalue weighted by Gasteiger charge is 2.19. The Morgan fingerprint density at radius 2 is 1.96 bits per heavy atom. The maximum atomic E-state index is 12.3. The molecular weight excluding hydrogens is 328 g/mol. The molecule has 0 spiro atoms. The van der Waals surface area contributed by atoms with E-state index in [-0.39, 0.29) is 18.3 Å². The zero-order valence-electron chi connectivity index (χ0n) is 14.3. The molecule has 0 aliphatic heterocycles. The number of carbonyl (C=O) groups is 1. The van der Waals surface area contributed by atoms with Gasteiger partial charge < -0.3 is 15.4 Å². The number of likely N-dealkylation sites (N-methyl/N-ethyl adjacent to an activating group) is 1. The minimum absolute atomic E-state index is 0. The molecule has 2 aromatic rings. The standard InChI is InChI=1S/C17H24N4O2.ClH/c1-4-23-12-14-7-5-13(6-8-14)9-19-17(22)16(18-2)15-10-20-21(3)11-15;/h5-8,10-11,16,18H,4,9,12H2,1-3H3,(H,19,22);1H. The molecule has 6 nitrogen and oxygen atoms in total. The van der Waals surface area contributed by atoms with Crippen LogP contribution >= 0.6 is 12.4 Å². The molecule has 0 saturated heterocycles. The van der Waals surface area contributed by atoms with Gasteiger partial charge in [0.15, 0.2) is 0 Å². The van der Waals surface area contributed by atoms with E-state index >= 15 is 0 Å². The van der Waals surface area contributed by atoms with Crippen LogP contribution in [-0.4, -0.2) is 29.3 Å². The van der Waals surface area contributed by atoms with Crippen molar-refractivity contribution in [2.75, 3.05) is 13.7 Å². The van der Waals surface area contributed by atoms with Crippen molar-refractivity contribution in [2.24, 2.45) is 7.05 Å². The molecule has 2 N–H and O–H groups in total. The number of halogens is 1. The minimum Gasteiger partial charge on any atom is -0.377 e. The minimum atomic E-state index is -0.402. The summed E-state index contributed by atoms with van der Waals surface area (Å²) in [6.07, 6.45) is 3.53. The zero-order valence-corrected chi connectivity index (χ0v) is 15.1. The van der Waals surface area contributed by atoms with E-state index < -0.39 is 6.04 Å². The molecule has 1 aromatic heterocycles. The molecule has 2 rings (SSSR count). The summed E-state index contributed by atoms with van der Waals surface area (Å²) in [6, 6.07) is 7.66. The Hall–Kier alpha value is -1.89. The van der Waals surface area contributed by atoms with Crippen molar-refractivity contribution in [3.8, 4) is 0 Å². The summed E-state index contributed by atoms with van der Waals surface area (Å²) in [4.78, 5) is 12.3. The van der Waals surface area contributed by atoms with E-state index in [1.807, 2.05) is 44.4 Å². The molecular formula is C17H25ClN4O2. The van der Waals surface area contributed by atoms with Crippen LogP contribution in [0.15, 0.2) is 36.7 Å². The third-order valence-electron chi connectivity index (χ3n) is 3.57. The topological polar surface area (TPSA) is 68.2 Å². The summed E-state index contributed by atoms with van der Waals surface area (Å²) in [5, 5.41) is 10.1. The van der Waals surface area contributed by atoms with Gasteiger partial charge in [0, 0.05) is 32.0 Å². The van der Waals surface area contributed by atoms with Gasteiger partial charge in [-0.25, -0.2) is 0 Å². The first-order chi connectivity index (χ1) is 11.1. The van der Waals surface area contributed by atoms with Crippen LogP contribution in [0, 0.1) is 0 Å². The van der Waals surface area contributed by atoms with E-state index in [9.17, 15) is 4.79 Å². The molecule has 24 heavy (non-hydrogen) atoms. The number of rotatable bonds is 8. The summed E-state index contributed by atoms with van der Waals surface area (Å²) < 4.78 is 7.05. The van der Waals surface area contributed by atoms with Crippen LogP contribution in [0.2, 0.25) is 0 Å². The fraction of sp³-hybridized carbons (Fsp3) is 0.412. The second kappa shape index (κ2) is 10.1. The molecule has 7 heteroatoms. The highest BCUT2D eigenvalue weighted by molar-refractivity contribution is 5.85. The number of nitrogens with one attached hydrogen (secondary N) is 2. The number of hydrogen-bond donors (Lipinski definition) is 2. The molecule has 0 aliphatic carbocycles. The zero-order chi connectivity index (χ0) is 16.7. The molecule has 1 atom stereocenters. The summed E-state index contributed by atoms with van der Waals surface area (Å²) >= 11 is 0. The highest BCUT2D eigenvalue weighted by Crippen LogP contribution is 2.12. The van der Waals surface area contributed by atoms with Crippen LogP contribution in [0.5, 0.6) is 0 Å². The molecule has 0 radical (unpaired) electrons. The first-order valence-corrected chi connectivity index (χ1v) is 7.73. The van der Waals surface area contributed by atoms with Gasteiger partial charge in [-0.3, -0.25) is 9.48 Å². The van der Waals surface area contributed by atoms with Gasteiger partial charge in [-0.05, 0) is 25.1 Å². The van der Waals surface area contributed by atoms with E-state index in [1.165, 1.54) is 0 Å². The third-order valence-corrected chi connectivity index (χ3v) is 3.57. The first-order valence-electron chi connectivity index (χ1n) is 7.73. The van der Waals surface area contributed by atoms with Crippen LogP contribution in [0.3, 0.4) is 0 Å². The number of ether oxygens (including phenoxy) is 1. The molecule has 1 aromatic carbocycles. The van der Waals surface area contributed by atoms with Gasteiger partial charge in [-0.2, -0.15) is 5.10 Å². The largest absolute Gasteiger partial charge is 0.377 e. The Balaban J connectivity index is 0.00000288. The van der Waals surface area contributed by atoms with E-state index in [0.717, 1.165) is 16.7 Å². The number of carbonyl (C=O) groups excluding carboxylic acids is 1. The fourth-order valence-corrected chi connectivity index (χ4v) is 2.30. The maximum Gasteiger partial charge on any atom is 0.242 e. The molecule has 132 valence electrons. The van der Waals surface area contributed by atoms with Crippen LogP contribution in [0.25, 0.3) is 0 Å². The Kier molecular flexibility index (Phi) is 8.46. The number of benzene rings is 1. The Labute approximate surface area is 149 Å². The fourth-order valence-electron chi connectivity index (χ4n) is 2.30. The van der Waals surface area contributed by atoms with Gasteiger partial charge in [0.1, 0.15) is 6.04 Å². The molecule has 0 bridgehead atoms. The van der Waals surface area contributed by atoms with E-state index in [2.05, 4.69) is 15.7 Å². The van der Waals surface area contributed by atoms with Crippen LogP contribution in [-0.2, 0) is 29.7 Å². The lowest BCUT2D eigenvalue weighted by molar-refractivity contribution is -0.123. The first kappa shape index (κ1) is 20.2. The lowest BCUT2D eigenvalue weighted by Crippen LogP contribution is -2.35. The van der Waals surface area contributed by atoms with Crippen molar-refractivity contribution < 1.29 is 9.53 Å². The van der Waals surface area contributed by atoms with Crippen LogP contribution in [0.4, 0.5) is 0 Å². The van der Waals surface area contributed by atoms with Crippen molar-refractivity contribution in [1.82, 2.24) is 20.4 Å². The van der Waals surface area contributed by atoms with Crippen molar-refractivity contribution >= 4 is 18.3 Å². The number of hydrogen-bond acceptors (Lipinski definition) is 4. The lowest BCUT2D eigenvalue weighted by Gasteiger charge is -2.14. The van der Waals surface area contributed by atoms with Crippen molar-refractivity contribution in [3.05, 3.63) is 53.3 Å². The summed E-state index contributed by atoms with van der Waals surface area (Å²) in [7, 11) is 3.59. The van der Waals surface area contributed by atoms with Gasteiger partial charge in [0.25, 0.3) is 0 Å². The molecule has 1 unspecified atom stereocenters. The van der Waals surface area contributed by atoms with Crippen molar-refractivity contribution in [2.45, 2.75) is 26.1 Å². The van der Waals surface area contributed by atoms with Crippen LogP contribution < -0.4 is 10.6 Å². The molecule has 0 saturated carbocycles. The van der Waals surface area contributed by atoms with E-state index in [1.54, 1.807) is 17.9 Å². The Morgan fingerprint density at radius 1 is 1.29 bits per heavy atom. The van der Waals surface area contributed by atoms with Gasteiger partial charge in [-0.1, -0.05) is 24.3 Å². The second-order valence-corrected chi connectivity index (χ2v) is 5.34. The number of amides is 1. The van der Waals surface area contributed by atoms with Gasteiger partial charge >= 0.3 is 0 Å². The third kappa shape index (κ3) is 5.63.